The van der Waals surface area contributed by atoms with Crippen molar-refractivity contribution in [2.24, 2.45) is 0 Å². The molecule has 4 unspecified atom stereocenters. The summed E-state index contributed by atoms with van der Waals surface area (Å²) >= 11 is 0. The maximum atomic E-state index is 12.4. The molecule has 0 aliphatic carbocycles. The summed E-state index contributed by atoms with van der Waals surface area (Å²) in [6, 6.07) is 0. The summed E-state index contributed by atoms with van der Waals surface area (Å²) in [7, 11) is -9.20. The van der Waals surface area contributed by atoms with Crippen LogP contribution in [0.25, 0.3) is 22.3 Å². The molecule has 0 fully saturated rings. The number of rotatable bonds is 12. The Hall–Kier alpha value is -3.04. The number of hydrogen-bond acceptors (Lipinski definition) is 13. The lowest BCUT2D eigenvalue weighted by molar-refractivity contribution is 0.0695. The van der Waals surface area contributed by atoms with Crippen molar-refractivity contribution in [1.29, 1.82) is 0 Å². The molecule has 4 rings (SSSR count). The maximum Gasteiger partial charge on any atom is 0.360 e. The molecular formula is C18H26N10O7P2. The summed E-state index contributed by atoms with van der Waals surface area (Å²) < 4.78 is 43.5. The van der Waals surface area contributed by atoms with Crippen molar-refractivity contribution >= 4 is 49.2 Å². The van der Waals surface area contributed by atoms with Gasteiger partial charge in [0, 0.05) is 0 Å². The molecule has 0 aliphatic rings. The molecule has 0 aromatic carbocycles. The highest BCUT2D eigenvalue weighted by Gasteiger charge is 2.34. The number of nitrogen functional groups attached to an aromatic ring is 2. The van der Waals surface area contributed by atoms with Gasteiger partial charge in [-0.25, -0.2) is 34.2 Å². The second-order valence-electron chi connectivity index (χ2n) is 8.23. The monoisotopic (exact) mass is 556 g/mol. The second kappa shape index (κ2) is 10.8. The highest BCUT2D eigenvalue weighted by Crippen LogP contribution is 2.59. The first-order valence-corrected chi connectivity index (χ1v) is 14.4. The fraction of sp³-hybridized carbons (Fsp3) is 0.444. The third-order valence-electron chi connectivity index (χ3n) is 5.07. The van der Waals surface area contributed by atoms with Crippen molar-refractivity contribution in [2.45, 2.75) is 39.1 Å². The van der Waals surface area contributed by atoms with Crippen LogP contribution in [0.1, 0.15) is 13.8 Å². The quantitative estimate of drug-likeness (QED) is 0.177. The Morgan fingerprint density at radius 3 is 1.59 bits per heavy atom. The van der Waals surface area contributed by atoms with Crippen molar-refractivity contribution in [3.63, 3.8) is 0 Å². The SMILES string of the molecule is CC(Cn1cnc2c(N)ncnc21)OCP(=O)(O)OP(=O)(O)COC(C)Cn1cnc2c(N)ncnc21. The Morgan fingerprint density at radius 2 is 1.19 bits per heavy atom. The highest BCUT2D eigenvalue weighted by atomic mass is 31.3. The van der Waals surface area contributed by atoms with Crippen LogP contribution in [0.15, 0.2) is 25.3 Å². The minimum atomic E-state index is -4.60. The van der Waals surface area contributed by atoms with Gasteiger partial charge in [-0.1, -0.05) is 0 Å². The molecule has 4 aromatic rings. The van der Waals surface area contributed by atoms with E-state index in [1.54, 1.807) is 23.0 Å². The van der Waals surface area contributed by atoms with Gasteiger partial charge in [0.2, 0.25) is 0 Å². The smallest absolute Gasteiger partial charge is 0.360 e. The van der Waals surface area contributed by atoms with Gasteiger partial charge >= 0.3 is 15.2 Å². The topological polar surface area (TPSA) is 242 Å². The van der Waals surface area contributed by atoms with Crippen LogP contribution in [0.4, 0.5) is 11.6 Å². The molecule has 0 radical (unpaired) electrons. The molecule has 6 N–H and O–H groups in total. The molecule has 0 aliphatic heterocycles. The molecule has 4 aromatic heterocycles. The van der Waals surface area contributed by atoms with E-state index in [0.29, 0.717) is 22.3 Å². The first kappa shape index (κ1) is 27.0. The third-order valence-corrected chi connectivity index (χ3v) is 8.06. The van der Waals surface area contributed by atoms with Crippen LogP contribution in [-0.2, 0) is 36.0 Å². The molecule has 17 nitrogen and oxygen atoms in total. The zero-order chi connectivity index (χ0) is 26.8. The minimum Gasteiger partial charge on any atom is -0.382 e. The number of nitrogens with two attached hydrogens (primary N) is 2. The van der Waals surface area contributed by atoms with Crippen LogP contribution >= 0.6 is 15.2 Å². The Morgan fingerprint density at radius 1 is 0.784 bits per heavy atom. The van der Waals surface area contributed by atoms with E-state index in [0.717, 1.165) is 0 Å². The van der Waals surface area contributed by atoms with Crippen molar-refractivity contribution in [3.8, 4) is 0 Å². The lowest BCUT2D eigenvalue weighted by Gasteiger charge is -2.21. The van der Waals surface area contributed by atoms with Crippen LogP contribution < -0.4 is 11.5 Å². The van der Waals surface area contributed by atoms with Gasteiger partial charge in [-0.2, -0.15) is 0 Å². The molecular weight excluding hydrogens is 530 g/mol. The number of aromatic nitrogens is 8. The van der Waals surface area contributed by atoms with E-state index in [1.165, 1.54) is 25.3 Å². The van der Waals surface area contributed by atoms with Crippen LogP contribution in [0, 0.1) is 0 Å². The van der Waals surface area contributed by atoms with Crippen LogP contribution in [-0.4, -0.2) is 73.7 Å². The zero-order valence-corrected chi connectivity index (χ0v) is 21.6. The van der Waals surface area contributed by atoms with Crippen LogP contribution in [0.2, 0.25) is 0 Å². The van der Waals surface area contributed by atoms with Gasteiger partial charge in [0.05, 0.1) is 38.0 Å². The van der Waals surface area contributed by atoms with Gasteiger partial charge in [-0.05, 0) is 13.8 Å². The van der Waals surface area contributed by atoms with E-state index >= 15 is 0 Å². The Labute approximate surface area is 209 Å². The average Bonchev–Trinajstić information content (AvgIpc) is 3.42. The molecule has 0 spiro atoms. The van der Waals surface area contributed by atoms with E-state index in [4.69, 9.17) is 20.9 Å². The maximum absolute atomic E-state index is 12.4. The number of fused-ring (bicyclic) bond motifs is 2. The standard InChI is InChI=1S/C18H26N10O7P2/c1-11(3-27-7-25-13-15(19)21-5-23-17(13)27)33-9-36(29,30)35-37(31,32)10-34-12(2)4-28-8-26-14-16(20)22-6-24-18(14)28/h5-8,11-12H,3-4,9-10H2,1-2H3,(H,29,30)(H,31,32)(H2,19,21,23)(H2,20,22,24). The van der Waals surface area contributed by atoms with Gasteiger partial charge in [-0.3, -0.25) is 9.13 Å². The third kappa shape index (κ3) is 6.64. The fourth-order valence-electron chi connectivity index (χ4n) is 3.41. The molecule has 19 heteroatoms. The van der Waals surface area contributed by atoms with Crippen molar-refractivity contribution in [1.82, 2.24) is 39.0 Å². The molecule has 200 valence electrons. The number of imidazole rings is 2. The predicted octanol–water partition coefficient (Wildman–Crippen LogP) is 0.943. The van der Waals surface area contributed by atoms with Crippen molar-refractivity contribution in [3.05, 3.63) is 25.3 Å². The zero-order valence-electron chi connectivity index (χ0n) is 19.9. The lowest BCUT2D eigenvalue weighted by atomic mass is 10.4. The number of anilines is 2. The van der Waals surface area contributed by atoms with Gasteiger partial charge in [0.15, 0.2) is 22.9 Å². The fourth-order valence-corrected chi connectivity index (χ4v) is 6.27. The molecule has 4 atom stereocenters. The Balaban J connectivity index is 1.26. The summed E-state index contributed by atoms with van der Waals surface area (Å²) in [5, 5.41) is 0. The molecule has 0 bridgehead atoms. The van der Waals surface area contributed by atoms with E-state index in [2.05, 4.69) is 34.2 Å². The molecule has 37 heavy (non-hydrogen) atoms. The van der Waals surface area contributed by atoms with Gasteiger partial charge in [0.1, 0.15) is 36.4 Å². The number of ether oxygens (including phenoxy) is 2. The molecule has 0 amide bonds. The molecule has 0 saturated carbocycles. The minimum absolute atomic E-state index is 0.212. The largest absolute Gasteiger partial charge is 0.382 e. The number of nitrogens with zero attached hydrogens (tertiary/aromatic N) is 8. The van der Waals surface area contributed by atoms with Gasteiger partial charge in [-0.15, -0.1) is 0 Å². The van der Waals surface area contributed by atoms with E-state index < -0.39 is 40.1 Å². The highest BCUT2D eigenvalue weighted by molar-refractivity contribution is 7.66. The summed E-state index contributed by atoms with van der Waals surface area (Å²) in [5.41, 5.74) is 13.3. The average molecular weight is 556 g/mol. The van der Waals surface area contributed by atoms with Gasteiger partial charge in [0.25, 0.3) is 0 Å². The van der Waals surface area contributed by atoms with Crippen LogP contribution in [0.3, 0.4) is 0 Å². The Kier molecular flexibility index (Phi) is 7.85. The van der Waals surface area contributed by atoms with E-state index in [1.807, 2.05) is 0 Å². The summed E-state index contributed by atoms with van der Waals surface area (Å²) in [5.74, 6) is 0.440. The Bertz CT molecular complexity index is 1380. The normalized spacial score (nSPS) is 17.0. The summed E-state index contributed by atoms with van der Waals surface area (Å²) in [6.07, 6.45) is 2.71. The van der Waals surface area contributed by atoms with E-state index in [9.17, 15) is 18.9 Å². The van der Waals surface area contributed by atoms with E-state index in [-0.39, 0.29) is 24.7 Å². The first-order valence-electron chi connectivity index (χ1n) is 10.8. The summed E-state index contributed by atoms with van der Waals surface area (Å²) in [6.45, 7) is 3.70. The van der Waals surface area contributed by atoms with Crippen LogP contribution in [0.5, 0.6) is 0 Å². The molecule has 0 saturated heterocycles. The summed E-state index contributed by atoms with van der Waals surface area (Å²) in [4.78, 5) is 44.4. The lowest BCUT2D eigenvalue weighted by Crippen LogP contribution is -2.18. The first-order chi connectivity index (χ1) is 17.4. The van der Waals surface area contributed by atoms with Gasteiger partial charge < -0.3 is 39.9 Å². The van der Waals surface area contributed by atoms with Crippen molar-refractivity contribution < 1.29 is 32.7 Å². The predicted molar refractivity (Wildman–Crippen MR) is 131 cm³/mol. The number of hydrogen-bond donors (Lipinski definition) is 4. The second-order valence-corrected chi connectivity index (χ2v) is 11.9. The van der Waals surface area contributed by atoms with Crippen molar-refractivity contribution in [2.75, 3.05) is 24.2 Å². The molecule has 4 heterocycles.